The van der Waals surface area contributed by atoms with E-state index in [1.165, 1.54) is 12.1 Å². The second-order valence-electron chi connectivity index (χ2n) is 7.83. The average Bonchev–Trinajstić information content (AvgIpc) is 3.10. The monoisotopic (exact) mass is 400 g/mol. The number of halogens is 2. The number of carboxylic acids is 1. The van der Waals surface area contributed by atoms with Crippen molar-refractivity contribution in [2.45, 2.75) is 44.2 Å². The van der Waals surface area contributed by atoms with Gasteiger partial charge in [-0.3, -0.25) is 4.79 Å². The maximum atomic E-state index is 13.7. The largest absolute Gasteiger partial charge is 0.478 e. The second-order valence-corrected chi connectivity index (χ2v) is 7.83. The van der Waals surface area contributed by atoms with Crippen LogP contribution in [0.5, 0.6) is 0 Å². The normalized spacial score (nSPS) is 18.9. The Labute approximate surface area is 167 Å². The van der Waals surface area contributed by atoms with Crippen molar-refractivity contribution in [1.29, 1.82) is 0 Å². The van der Waals surface area contributed by atoms with Crippen LogP contribution in [0.2, 0.25) is 0 Å². The number of carbonyl (C=O) groups excluding carboxylic acids is 1. The SMILES string of the molecule is NC(CC(=O)N1CCc2cc(C(=O)O)ccc2C1)C1CCc2cc(F)c(F)cc21. The molecule has 1 heterocycles. The summed E-state index contributed by atoms with van der Waals surface area (Å²) in [6.07, 6.45) is 2.02. The van der Waals surface area contributed by atoms with Crippen LogP contribution in [0.3, 0.4) is 0 Å². The Bertz CT molecular complexity index is 992. The fourth-order valence-corrected chi connectivity index (χ4v) is 4.45. The number of hydrogen-bond acceptors (Lipinski definition) is 3. The molecule has 0 saturated heterocycles. The zero-order chi connectivity index (χ0) is 20.7. The molecule has 1 aliphatic heterocycles. The first-order chi connectivity index (χ1) is 13.8. The van der Waals surface area contributed by atoms with E-state index < -0.39 is 23.6 Å². The molecule has 5 nitrogen and oxygen atoms in total. The van der Waals surface area contributed by atoms with E-state index in [4.69, 9.17) is 10.8 Å². The van der Waals surface area contributed by atoms with Crippen molar-refractivity contribution in [2.75, 3.05) is 6.54 Å². The molecule has 1 amide bonds. The molecule has 2 atom stereocenters. The van der Waals surface area contributed by atoms with E-state index in [9.17, 15) is 18.4 Å². The zero-order valence-electron chi connectivity index (χ0n) is 15.8. The highest BCUT2D eigenvalue weighted by Crippen LogP contribution is 2.37. The number of benzene rings is 2. The minimum atomic E-state index is -0.967. The molecule has 1 aliphatic carbocycles. The molecular formula is C22H22F2N2O3. The van der Waals surface area contributed by atoms with Crippen LogP contribution in [0.4, 0.5) is 8.78 Å². The predicted molar refractivity (Wildman–Crippen MR) is 103 cm³/mol. The van der Waals surface area contributed by atoms with E-state index in [1.54, 1.807) is 23.1 Å². The van der Waals surface area contributed by atoms with E-state index in [1.807, 2.05) is 0 Å². The fraction of sp³-hybridized carbons (Fsp3) is 0.364. The van der Waals surface area contributed by atoms with E-state index in [0.29, 0.717) is 37.9 Å². The molecule has 0 bridgehead atoms. The van der Waals surface area contributed by atoms with Gasteiger partial charge in [-0.15, -0.1) is 0 Å². The van der Waals surface area contributed by atoms with E-state index in [-0.39, 0.29) is 23.8 Å². The van der Waals surface area contributed by atoms with Crippen molar-refractivity contribution < 1.29 is 23.5 Å². The maximum Gasteiger partial charge on any atom is 0.335 e. The Morgan fingerprint density at radius 3 is 2.62 bits per heavy atom. The van der Waals surface area contributed by atoms with Crippen molar-refractivity contribution in [3.05, 3.63) is 69.8 Å². The lowest BCUT2D eigenvalue weighted by molar-refractivity contribution is -0.132. The van der Waals surface area contributed by atoms with Gasteiger partial charge in [-0.05, 0) is 65.8 Å². The first-order valence-corrected chi connectivity index (χ1v) is 9.69. The first kappa shape index (κ1) is 19.5. The molecule has 2 aromatic carbocycles. The smallest absolute Gasteiger partial charge is 0.335 e. The highest BCUT2D eigenvalue weighted by Gasteiger charge is 2.32. The Morgan fingerprint density at radius 1 is 1.10 bits per heavy atom. The minimum absolute atomic E-state index is 0.0819. The summed E-state index contributed by atoms with van der Waals surface area (Å²) < 4.78 is 27.1. The van der Waals surface area contributed by atoms with Gasteiger partial charge in [0.05, 0.1) is 5.56 Å². The van der Waals surface area contributed by atoms with Gasteiger partial charge in [0.1, 0.15) is 0 Å². The van der Waals surface area contributed by atoms with E-state index in [0.717, 1.165) is 16.7 Å². The Morgan fingerprint density at radius 2 is 1.86 bits per heavy atom. The van der Waals surface area contributed by atoms with Crippen molar-refractivity contribution >= 4 is 11.9 Å². The summed E-state index contributed by atoms with van der Waals surface area (Å²) >= 11 is 0. The summed E-state index contributed by atoms with van der Waals surface area (Å²) in [6.45, 7) is 0.921. The number of aromatic carboxylic acids is 1. The third-order valence-corrected chi connectivity index (χ3v) is 6.05. The predicted octanol–water partition coefficient (Wildman–Crippen LogP) is 3.00. The number of carbonyl (C=O) groups is 2. The van der Waals surface area contributed by atoms with Gasteiger partial charge in [-0.1, -0.05) is 6.07 Å². The van der Waals surface area contributed by atoms with Gasteiger partial charge in [0.15, 0.2) is 11.6 Å². The summed E-state index contributed by atoms with van der Waals surface area (Å²) in [7, 11) is 0. The van der Waals surface area contributed by atoms with Gasteiger partial charge in [-0.2, -0.15) is 0 Å². The highest BCUT2D eigenvalue weighted by atomic mass is 19.2. The van der Waals surface area contributed by atoms with Crippen LogP contribution in [-0.4, -0.2) is 34.5 Å². The second kappa shape index (κ2) is 7.55. The molecule has 7 heteroatoms. The third-order valence-electron chi connectivity index (χ3n) is 6.05. The first-order valence-electron chi connectivity index (χ1n) is 9.69. The van der Waals surface area contributed by atoms with Crippen molar-refractivity contribution in [3.63, 3.8) is 0 Å². The van der Waals surface area contributed by atoms with Crippen molar-refractivity contribution in [3.8, 4) is 0 Å². The molecular weight excluding hydrogens is 378 g/mol. The Hall–Kier alpha value is -2.80. The number of nitrogens with two attached hydrogens (primary N) is 1. The van der Waals surface area contributed by atoms with E-state index in [2.05, 4.69) is 0 Å². The molecule has 0 fully saturated rings. The summed E-state index contributed by atoms with van der Waals surface area (Å²) in [5.74, 6) is -2.96. The lowest BCUT2D eigenvalue weighted by Gasteiger charge is -2.31. The van der Waals surface area contributed by atoms with Crippen molar-refractivity contribution in [2.24, 2.45) is 5.73 Å². The molecule has 2 unspecified atom stereocenters. The number of nitrogens with zero attached hydrogens (tertiary/aromatic N) is 1. The minimum Gasteiger partial charge on any atom is -0.478 e. The molecule has 4 rings (SSSR count). The lowest BCUT2D eigenvalue weighted by atomic mass is 9.90. The van der Waals surface area contributed by atoms with Gasteiger partial charge in [-0.25, -0.2) is 13.6 Å². The number of hydrogen-bond donors (Lipinski definition) is 2. The molecule has 0 radical (unpaired) electrons. The summed E-state index contributed by atoms with van der Waals surface area (Å²) in [6, 6.07) is 6.93. The topological polar surface area (TPSA) is 83.6 Å². The van der Waals surface area contributed by atoms with Crippen LogP contribution in [0.15, 0.2) is 30.3 Å². The van der Waals surface area contributed by atoms with Gasteiger partial charge in [0, 0.05) is 31.5 Å². The lowest BCUT2D eigenvalue weighted by Crippen LogP contribution is -2.40. The summed E-state index contributed by atoms with van der Waals surface area (Å²) in [4.78, 5) is 25.6. The highest BCUT2D eigenvalue weighted by molar-refractivity contribution is 5.88. The van der Waals surface area contributed by atoms with Crippen LogP contribution in [0.25, 0.3) is 0 Å². The van der Waals surface area contributed by atoms with Crippen LogP contribution >= 0.6 is 0 Å². The Kier molecular flexibility index (Phi) is 5.08. The fourth-order valence-electron chi connectivity index (χ4n) is 4.45. The number of rotatable bonds is 4. The van der Waals surface area contributed by atoms with Crippen LogP contribution < -0.4 is 5.73 Å². The number of amides is 1. The molecule has 2 aliphatic rings. The van der Waals surface area contributed by atoms with Gasteiger partial charge >= 0.3 is 5.97 Å². The Balaban J connectivity index is 1.43. The number of fused-ring (bicyclic) bond motifs is 2. The van der Waals surface area contributed by atoms with Gasteiger partial charge in [0.25, 0.3) is 0 Å². The van der Waals surface area contributed by atoms with Crippen molar-refractivity contribution in [1.82, 2.24) is 4.90 Å². The molecule has 0 saturated carbocycles. The molecule has 29 heavy (non-hydrogen) atoms. The molecule has 3 N–H and O–H groups in total. The average molecular weight is 400 g/mol. The summed E-state index contributed by atoms with van der Waals surface area (Å²) in [5, 5.41) is 9.11. The zero-order valence-corrected chi connectivity index (χ0v) is 15.8. The molecule has 2 aromatic rings. The van der Waals surface area contributed by atoms with Gasteiger partial charge < -0.3 is 15.7 Å². The number of carboxylic acid groups (broad SMARTS) is 1. The van der Waals surface area contributed by atoms with Crippen LogP contribution in [-0.2, 0) is 24.2 Å². The standard InChI is InChI=1S/C22H22F2N2O3/c23-18-8-13-3-4-16(17(13)9-19(18)24)20(25)10-21(27)26-6-5-12-7-14(22(28)29)1-2-15(12)11-26/h1-2,7-9,16,20H,3-6,10-11,25H2,(H,28,29). The van der Waals surface area contributed by atoms with Crippen LogP contribution in [0.1, 0.15) is 51.4 Å². The molecule has 0 aromatic heterocycles. The van der Waals surface area contributed by atoms with Gasteiger partial charge in [0.2, 0.25) is 5.91 Å². The summed E-state index contributed by atoms with van der Waals surface area (Å²) in [5.41, 5.74) is 9.90. The molecule has 0 spiro atoms. The molecule has 152 valence electrons. The maximum absolute atomic E-state index is 13.7. The van der Waals surface area contributed by atoms with Crippen LogP contribution in [0, 0.1) is 11.6 Å². The number of aryl methyl sites for hydroxylation is 1. The third kappa shape index (κ3) is 3.74. The quantitative estimate of drug-likeness (QED) is 0.827. The van der Waals surface area contributed by atoms with E-state index >= 15 is 0 Å².